The Labute approximate surface area is 126 Å². The second kappa shape index (κ2) is 8.22. The summed E-state index contributed by atoms with van der Waals surface area (Å²) in [5.74, 6) is 0.0425. The second-order valence-electron chi connectivity index (χ2n) is 5.21. The third-order valence-corrected chi connectivity index (χ3v) is 3.30. The Bertz CT molecular complexity index is 540. The number of para-hydroxylation sites is 1. The fraction of sp³-hybridized carbons (Fsp3) is 0.278. The van der Waals surface area contributed by atoms with Gasteiger partial charge in [-0.2, -0.15) is 0 Å². The lowest BCUT2D eigenvalue weighted by atomic mass is 10.1. The van der Waals surface area contributed by atoms with E-state index >= 15 is 0 Å². The van der Waals surface area contributed by atoms with Crippen LogP contribution in [0.4, 0.5) is 5.69 Å². The molecule has 3 nitrogen and oxygen atoms in total. The summed E-state index contributed by atoms with van der Waals surface area (Å²) in [5.41, 5.74) is 2.16. The molecular formula is C18H22N2O. The first-order valence-electron chi connectivity index (χ1n) is 7.36. The van der Waals surface area contributed by atoms with Crippen LogP contribution in [-0.4, -0.2) is 18.5 Å². The molecule has 0 aromatic heterocycles. The summed E-state index contributed by atoms with van der Waals surface area (Å²) in [6.07, 6.45) is 1.45. The van der Waals surface area contributed by atoms with Gasteiger partial charge in [-0.05, 0) is 37.6 Å². The Kier molecular flexibility index (Phi) is 5.98. The minimum Gasteiger partial charge on any atom is -0.326 e. The van der Waals surface area contributed by atoms with Crippen LogP contribution < -0.4 is 10.6 Å². The van der Waals surface area contributed by atoms with Gasteiger partial charge < -0.3 is 10.6 Å². The van der Waals surface area contributed by atoms with Gasteiger partial charge in [0.05, 0.1) is 0 Å². The predicted molar refractivity (Wildman–Crippen MR) is 87.3 cm³/mol. The number of hydrogen-bond acceptors (Lipinski definition) is 2. The molecule has 0 saturated heterocycles. The number of anilines is 1. The van der Waals surface area contributed by atoms with E-state index < -0.39 is 0 Å². The molecule has 2 aromatic carbocycles. The van der Waals surface area contributed by atoms with Gasteiger partial charge in [0.1, 0.15) is 0 Å². The van der Waals surface area contributed by atoms with Crippen molar-refractivity contribution in [2.45, 2.75) is 25.8 Å². The van der Waals surface area contributed by atoms with Crippen LogP contribution in [0, 0.1) is 0 Å². The molecule has 0 bridgehead atoms. The number of nitrogens with one attached hydrogen (secondary N) is 2. The second-order valence-corrected chi connectivity index (χ2v) is 5.21. The third-order valence-electron chi connectivity index (χ3n) is 3.30. The highest BCUT2D eigenvalue weighted by Crippen LogP contribution is 2.06. The van der Waals surface area contributed by atoms with Gasteiger partial charge in [-0.25, -0.2) is 0 Å². The van der Waals surface area contributed by atoms with Crippen LogP contribution in [0.1, 0.15) is 18.9 Å². The fourth-order valence-corrected chi connectivity index (χ4v) is 2.19. The van der Waals surface area contributed by atoms with Gasteiger partial charge in [0.15, 0.2) is 0 Å². The van der Waals surface area contributed by atoms with E-state index in [1.54, 1.807) is 0 Å². The van der Waals surface area contributed by atoms with E-state index in [4.69, 9.17) is 0 Å². The number of carbonyl (C=O) groups is 1. The van der Waals surface area contributed by atoms with E-state index in [1.165, 1.54) is 5.56 Å². The molecule has 0 aliphatic heterocycles. The number of carbonyl (C=O) groups excluding carboxylic acids is 1. The molecule has 0 radical (unpaired) electrons. The highest BCUT2D eigenvalue weighted by molar-refractivity contribution is 5.90. The molecule has 110 valence electrons. The average Bonchev–Trinajstić information content (AvgIpc) is 2.49. The molecule has 3 heteroatoms. The van der Waals surface area contributed by atoms with E-state index in [1.807, 2.05) is 55.5 Å². The molecule has 0 saturated carbocycles. The lowest BCUT2D eigenvalue weighted by Gasteiger charge is -2.13. The van der Waals surface area contributed by atoms with E-state index in [-0.39, 0.29) is 11.9 Å². The van der Waals surface area contributed by atoms with Crippen LogP contribution in [-0.2, 0) is 11.2 Å². The summed E-state index contributed by atoms with van der Waals surface area (Å²) in [6, 6.07) is 20.1. The predicted octanol–water partition coefficient (Wildman–Crippen LogP) is 3.24. The minimum atomic E-state index is 0.0425. The minimum absolute atomic E-state index is 0.0425. The first-order valence-corrected chi connectivity index (χ1v) is 7.36. The Hall–Kier alpha value is -2.13. The summed E-state index contributed by atoms with van der Waals surface area (Å²) in [4.78, 5) is 11.9. The van der Waals surface area contributed by atoms with Crippen molar-refractivity contribution in [3.63, 3.8) is 0 Å². The first-order chi connectivity index (χ1) is 10.2. The summed E-state index contributed by atoms with van der Waals surface area (Å²) in [7, 11) is 0. The third kappa shape index (κ3) is 5.79. The molecule has 0 aliphatic carbocycles. The van der Waals surface area contributed by atoms with Crippen LogP contribution in [0.25, 0.3) is 0 Å². The van der Waals surface area contributed by atoms with Crippen molar-refractivity contribution in [1.82, 2.24) is 5.32 Å². The van der Waals surface area contributed by atoms with E-state index in [9.17, 15) is 4.79 Å². The number of amides is 1. The number of benzene rings is 2. The highest BCUT2D eigenvalue weighted by atomic mass is 16.1. The zero-order valence-electron chi connectivity index (χ0n) is 12.4. The maximum atomic E-state index is 11.9. The number of hydrogen-bond donors (Lipinski definition) is 2. The van der Waals surface area contributed by atoms with E-state index in [0.717, 1.165) is 18.7 Å². The van der Waals surface area contributed by atoms with Gasteiger partial charge in [-0.1, -0.05) is 48.5 Å². The van der Waals surface area contributed by atoms with Crippen LogP contribution in [0.15, 0.2) is 60.7 Å². The average molecular weight is 282 g/mol. The Morgan fingerprint density at radius 1 is 1.00 bits per heavy atom. The van der Waals surface area contributed by atoms with Gasteiger partial charge in [0.2, 0.25) is 5.91 Å². The van der Waals surface area contributed by atoms with Crippen molar-refractivity contribution >= 4 is 11.6 Å². The summed E-state index contributed by atoms with van der Waals surface area (Å²) in [6.45, 7) is 2.92. The van der Waals surface area contributed by atoms with Crippen LogP contribution in [0.2, 0.25) is 0 Å². The summed E-state index contributed by atoms with van der Waals surface area (Å²) >= 11 is 0. The van der Waals surface area contributed by atoms with Gasteiger partial charge in [-0.3, -0.25) is 4.79 Å². The van der Waals surface area contributed by atoms with Crippen LogP contribution in [0.3, 0.4) is 0 Å². The molecule has 1 amide bonds. The SMILES string of the molecule is C[C@@H](CC(=O)Nc1ccccc1)NCCc1ccccc1. The maximum absolute atomic E-state index is 11.9. The fourth-order valence-electron chi connectivity index (χ4n) is 2.19. The molecule has 1 atom stereocenters. The van der Waals surface area contributed by atoms with Crippen molar-refractivity contribution in [3.05, 3.63) is 66.2 Å². The lowest BCUT2D eigenvalue weighted by molar-refractivity contribution is -0.116. The molecule has 0 aliphatic rings. The van der Waals surface area contributed by atoms with Crippen LogP contribution >= 0.6 is 0 Å². The molecular weight excluding hydrogens is 260 g/mol. The summed E-state index contributed by atoms with van der Waals surface area (Å²) < 4.78 is 0. The molecule has 21 heavy (non-hydrogen) atoms. The van der Waals surface area contributed by atoms with Crippen molar-refractivity contribution in [2.75, 3.05) is 11.9 Å². The van der Waals surface area contributed by atoms with Crippen molar-refractivity contribution in [1.29, 1.82) is 0 Å². The quantitative estimate of drug-likeness (QED) is 0.818. The Balaban J connectivity index is 1.67. The molecule has 0 fully saturated rings. The topological polar surface area (TPSA) is 41.1 Å². The van der Waals surface area contributed by atoms with Crippen molar-refractivity contribution in [2.24, 2.45) is 0 Å². The first kappa shape index (κ1) is 15.3. The van der Waals surface area contributed by atoms with Gasteiger partial charge in [-0.15, -0.1) is 0 Å². The lowest BCUT2D eigenvalue weighted by Crippen LogP contribution is -2.32. The van der Waals surface area contributed by atoms with Crippen LogP contribution in [0.5, 0.6) is 0 Å². The zero-order chi connectivity index (χ0) is 14.9. The molecule has 2 rings (SSSR count). The number of rotatable bonds is 7. The molecule has 0 unspecified atom stereocenters. The van der Waals surface area contributed by atoms with Gasteiger partial charge >= 0.3 is 0 Å². The normalized spacial score (nSPS) is 11.9. The van der Waals surface area contributed by atoms with E-state index in [2.05, 4.69) is 22.8 Å². The molecule has 2 N–H and O–H groups in total. The van der Waals surface area contributed by atoms with Gasteiger partial charge in [0, 0.05) is 18.2 Å². The van der Waals surface area contributed by atoms with Crippen molar-refractivity contribution < 1.29 is 4.79 Å². The highest BCUT2D eigenvalue weighted by Gasteiger charge is 2.08. The zero-order valence-corrected chi connectivity index (χ0v) is 12.4. The van der Waals surface area contributed by atoms with Crippen molar-refractivity contribution in [3.8, 4) is 0 Å². The van der Waals surface area contributed by atoms with Gasteiger partial charge in [0.25, 0.3) is 0 Å². The monoisotopic (exact) mass is 282 g/mol. The standard InChI is InChI=1S/C18H22N2O/c1-15(19-13-12-16-8-4-2-5-9-16)14-18(21)20-17-10-6-3-7-11-17/h2-11,15,19H,12-14H2,1H3,(H,20,21)/t15-/m0/s1. The smallest absolute Gasteiger partial charge is 0.225 e. The largest absolute Gasteiger partial charge is 0.326 e. The maximum Gasteiger partial charge on any atom is 0.225 e. The summed E-state index contributed by atoms with van der Waals surface area (Å²) in [5, 5.41) is 6.29. The Morgan fingerprint density at radius 2 is 1.62 bits per heavy atom. The molecule has 2 aromatic rings. The molecule has 0 heterocycles. The molecule has 0 spiro atoms. The van der Waals surface area contributed by atoms with E-state index in [0.29, 0.717) is 6.42 Å². The Morgan fingerprint density at radius 3 is 2.29 bits per heavy atom.